The first-order valence-electron chi connectivity index (χ1n) is 8.60. The number of sulfonamides is 1. The maximum atomic E-state index is 13.2. The average Bonchev–Trinajstić information content (AvgIpc) is 2.65. The van der Waals surface area contributed by atoms with Gasteiger partial charge in [0.1, 0.15) is 0 Å². The van der Waals surface area contributed by atoms with Crippen molar-refractivity contribution < 1.29 is 22.0 Å². The normalized spacial score (nSPS) is 16.3. The highest BCUT2D eigenvalue weighted by atomic mass is 32.2. The molecule has 0 aromatic heterocycles. The van der Waals surface area contributed by atoms with Crippen molar-refractivity contribution in [1.82, 2.24) is 4.31 Å². The fourth-order valence-electron chi connectivity index (χ4n) is 3.04. The van der Waals surface area contributed by atoms with Crippen LogP contribution in [0.5, 0.6) is 0 Å². The number of anilines is 1. The van der Waals surface area contributed by atoms with E-state index >= 15 is 0 Å². The molecule has 0 spiro atoms. The van der Waals surface area contributed by atoms with Crippen molar-refractivity contribution in [2.24, 2.45) is 5.92 Å². The number of carbonyl (C=O) groups excluding carboxylic acids is 1. The van der Waals surface area contributed by atoms with Crippen LogP contribution in [-0.4, -0.2) is 31.7 Å². The van der Waals surface area contributed by atoms with Crippen molar-refractivity contribution in [3.8, 4) is 0 Å². The summed E-state index contributed by atoms with van der Waals surface area (Å²) in [6.45, 7) is 2.34. The number of piperidine rings is 1. The lowest BCUT2D eigenvalue weighted by molar-refractivity contribution is -0.120. The van der Waals surface area contributed by atoms with Crippen LogP contribution >= 0.6 is 0 Å². The molecular formula is C19H20F2N2O3S. The molecule has 0 aliphatic carbocycles. The first-order valence-corrected chi connectivity index (χ1v) is 10.0. The Morgan fingerprint density at radius 3 is 2.26 bits per heavy atom. The Hall–Kier alpha value is -2.32. The molecule has 2 aromatic carbocycles. The summed E-state index contributed by atoms with van der Waals surface area (Å²) in [6, 6.07) is 9.79. The largest absolute Gasteiger partial charge is 0.326 e. The molecular weight excluding hydrogens is 374 g/mol. The van der Waals surface area contributed by atoms with Gasteiger partial charge in [0.2, 0.25) is 15.9 Å². The monoisotopic (exact) mass is 394 g/mol. The molecule has 0 unspecified atom stereocenters. The number of nitrogens with one attached hydrogen (secondary N) is 1. The van der Waals surface area contributed by atoms with Crippen molar-refractivity contribution >= 4 is 21.6 Å². The fourth-order valence-corrected chi connectivity index (χ4v) is 4.51. The van der Waals surface area contributed by atoms with Crippen LogP contribution in [0.3, 0.4) is 0 Å². The van der Waals surface area contributed by atoms with Crippen molar-refractivity contribution in [3.63, 3.8) is 0 Å². The lowest BCUT2D eigenvalue weighted by Gasteiger charge is -2.30. The summed E-state index contributed by atoms with van der Waals surface area (Å²) < 4.78 is 52.9. The molecule has 1 amide bonds. The predicted molar refractivity (Wildman–Crippen MR) is 97.6 cm³/mol. The van der Waals surface area contributed by atoms with Crippen LogP contribution in [0.2, 0.25) is 0 Å². The highest BCUT2D eigenvalue weighted by molar-refractivity contribution is 7.89. The van der Waals surface area contributed by atoms with Crippen molar-refractivity contribution in [3.05, 3.63) is 59.7 Å². The highest BCUT2D eigenvalue weighted by Gasteiger charge is 2.32. The molecule has 2 aromatic rings. The van der Waals surface area contributed by atoms with Gasteiger partial charge in [-0.15, -0.1) is 0 Å². The summed E-state index contributed by atoms with van der Waals surface area (Å²) in [5.41, 5.74) is 1.15. The molecule has 3 rings (SSSR count). The van der Waals surface area contributed by atoms with Gasteiger partial charge in [-0.1, -0.05) is 17.7 Å². The van der Waals surface area contributed by atoms with Gasteiger partial charge < -0.3 is 5.32 Å². The summed E-state index contributed by atoms with van der Waals surface area (Å²) in [7, 11) is -3.59. The third kappa shape index (κ3) is 4.33. The topological polar surface area (TPSA) is 66.5 Å². The third-order valence-corrected chi connectivity index (χ3v) is 6.58. The average molecular weight is 394 g/mol. The van der Waals surface area contributed by atoms with E-state index in [0.717, 1.165) is 17.7 Å². The molecule has 1 aliphatic rings. The Labute approximate surface area is 157 Å². The molecule has 8 heteroatoms. The molecule has 0 radical (unpaired) electrons. The van der Waals surface area contributed by atoms with Gasteiger partial charge in [0, 0.05) is 30.8 Å². The summed E-state index contributed by atoms with van der Waals surface area (Å²) in [4.78, 5) is 12.6. The van der Waals surface area contributed by atoms with Gasteiger partial charge in [-0.2, -0.15) is 4.31 Å². The molecule has 144 valence electrons. The zero-order chi connectivity index (χ0) is 19.6. The number of rotatable bonds is 4. The first kappa shape index (κ1) is 19.4. The molecule has 1 aliphatic heterocycles. The molecule has 1 fully saturated rings. The molecule has 0 saturated carbocycles. The van der Waals surface area contributed by atoms with Crippen LogP contribution in [0.25, 0.3) is 0 Å². The van der Waals surface area contributed by atoms with Crippen molar-refractivity contribution in [2.45, 2.75) is 24.7 Å². The molecule has 27 heavy (non-hydrogen) atoms. The van der Waals surface area contributed by atoms with Gasteiger partial charge in [0.05, 0.1) is 4.90 Å². The number of halogens is 2. The summed E-state index contributed by atoms with van der Waals surface area (Å²) in [5, 5.41) is 2.56. The summed E-state index contributed by atoms with van der Waals surface area (Å²) >= 11 is 0. The second-order valence-corrected chi connectivity index (χ2v) is 8.55. The maximum absolute atomic E-state index is 13.2. The van der Waals surface area contributed by atoms with Crippen molar-refractivity contribution in [2.75, 3.05) is 18.4 Å². The first-order chi connectivity index (χ1) is 12.8. The molecule has 1 saturated heterocycles. The maximum Gasteiger partial charge on any atom is 0.243 e. The standard InChI is InChI=1S/C19H20F2N2O3S/c1-13-2-5-16(6-3-13)27(25,26)23-10-8-14(9-11-23)19(24)22-15-4-7-17(20)18(21)12-15/h2-7,12,14H,8-11H2,1H3,(H,22,24). The number of hydrogen-bond acceptors (Lipinski definition) is 3. The zero-order valence-corrected chi connectivity index (χ0v) is 15.6. The SMILES string of the molecule is Cc1ccc(S(=O)(=O)N2CCC(C(=O)Nc3ccc(F)c(F)c3)CC2)cc1. The van der Waals surface area contributed by atoms with Gasteiger partial charge in [-0.05, 0) is 44.0 Å². The summed E-state index contributed by atoms with van der Waals surface area (Å²) in [6.07, 6.45) is 0.723. The van der Waals surface area contributed by atoms with Crippen LogP contribution in [-0.2, 0) is 14.8 Å². The minimum Gasteiger partial charge on any atom is -0.326 e. The Kier molecular flexibility index (Phi) is 5.57. The second-order valence-electron chi connectivity index (χ2n) is 6.61. The van der Waals surface area contributed by atoms with E-state index in [1.807, 2.05) is 6.92 Å². The van der Waals surface area contributed by atoms with E-state index in [-0.39, 0.29) is 35.5 Å². The van der Waals surface area contributed by atoms with E-state index in [9.17, 15) is 22.0 Å². The highest BCUT2D eigenvalue weighted by Crippen LogP contribution is 2.25. The van der Waals surface area contributed by atoms with Gasteiger partial charge in [-0.3, -0.25) is 4.79 Å². The molecule has 1 heterocycles. The van der Waals surface area contributed by atoms with E-state index < -0.39 is 21.7 Å². The van der Waals surface area contributed by atoms with Crippen LogP contribution in [0.1, 0.15) is 18.4 Å². The van der Waals surface area contributed by atoms with Crippen LogP contribution in [0.4, 0.5) is 14.5 Å². The number of benzene rings is 2. The van der Waals surface area contributed by atoms with Gasteiger partial charge >= 0.3 is 0 Å². The second kappa shape index (κ2) is 7.74. The number of hydrogen-bond donors (Lipinski definition) is 1. The Morgan fingerprint density at radius 1 is 1.04 bits per heavy atom. The number of carbonyl (C=O) groups is 1. The van der Waals surface area contributed by atoms with Crippen LogP contribution in [0, 0.1) is 24.5 Å². The fraction of sp³-hybridized carbons (Fsp3) is 0.316. The van der Waals surface area contributed by atoms with Gasteiger partial charge in [-0.25, -0.2) is 17.2 Å². The van der Waals surface area contributed by atoms with Gasteiger partial charge in [0.25, 0.3) is 0 Å². The van der Waals surface area contributed by atoms with E-state index in [2.05, 4.69) is 5.32 Å². The third-order valence-electron chi connectivity index (χ3n) is 4.67. The molecule has 0 bridgehead atoms. The van der Waals surface area contributed by atoms with Crippen molar-refractivity contribution in [1.29, 1.82) is 0 Å². The molecule has 1 N–H and O–H groups in total. The Bertz CT molecular complexity index is 938. The quantitative estimate of drug-likeness (QED) is 0.865. The number of aryl methyl sites for hydroxylation is 1. The zero-order valence-electron chi connectivity index (χ0n) is 14.8. The van der Waals surface area contributed by atoms with E-state index in [4.69, 9.17) is 0 Å². The van der Waals surface area contributed by atoms with E-state index in [0.29, 0.717) is 12.8 Å². The molecule has 0 atom stereocenters. The molecule has 5 nitrogen and oxygen atoms in total. The Morgan fingerprint density at radius 2 is 1.67 bits per heavy atom. The van der Waals surface area contributed by atoms with Crippen LogP contribution in [0.15, 0.2) is 47.4 Å². The van der Waals surface area contributed by atoms with E-state index in [1.165, 1.54) is 10.4 Å². The smallest absolute Gasteiger partial charge is 0.243 e. The predicted octanol–water partition coefficient (Wildman–Crippen LogP) is 3.31. The lowest BCUT2D eigenvalue weighted by Crippen LogP contribution is -2.41. The summed E-state index contributed by atoms with van der Waals surface area (Å²) in [5.74, 6) is -2.73. The number of nitrogens with zero attached hydrogens (tertiary/aromatic N) is 1. The lowest BCUT2D eigenvalue weighted by atomic mass is 9.97. The Balaban J connectivity index is 1.61. The number of amides is 1. The van der Waals surface area contributed by atoms with Gasteiger partial charge in [0.15, 0.2) is 11.6 Å². The van der Waals surface area contributed by atoms with E-state index in [1.54, 1.807) is 24.3 Å². The minimum absolute atomic E-state index is 0.175. The van der Waals surface area contributed by atoms with Crippen LogP contribution < -0.4 is 5.32 Å². The minimum atomic E-state index is -3.59.